The lowest BCUT2D eigenvalue weighted by molar-refractivity contribution is -0.316. The minimum absolute atomic E-state index is 0.0555. The Morgan fingerprint density at radius 1 is 1.26 bits per heavy atom. The van der Waals surface area contributed by atoms with Gasteiger partial charge in [-0.15, -0.1) is 0 Å². The van der Waals surface area contributed by atoms with Crippen LogP contribution in [0.3, 0.4) is 0 Å². The van der Waals surface area contributed by atoms with E-state index in [1.54, 1.807) is 0 Å². The zero-order valence-electron chi connectivity index (χ0n) is 11.7. The molecule has 0 unspecified atom stereocenters. The van der Waals surface area contributed by atoms with E-state index in [-0.39, 0.29) is 12.0 Å². The lowest BCUT2D eigenvalue weighted by atomic mass is 9.91. The molecule has 2 atom stereocenters. The maximum atomic E-state index is 10.8. The molecule has 19 heavy (non-hydrogen) atoms. The minimum Gasteiger partial charge on any atom is -0.350 e. The van der Waals surface area contributed by atoms with E-state index in [9.17, 15) is 4.79 Å². The fourth-order valence-electron chi connectivity index (χ4n) is 2.63. The first kappa shape index (κ1) is 14.2. The summed E-state index contributed by atoms with van der Waals surface area (Å²) in [6.07, 6.45) is 3.02. The predicted molar refractivity (Wildman–Crippen MR) is 73.7 cm³/mol. The molecule has 1 saturated heterocycles. The van der Waals surface area contributed by atoms with Crippen molar-refractivity contribution in [2.75, 3.05) is 6.61 Å². The predicted octanol–water partition coefficient (Wildman–Crippen LogP) is 3.50. The monoisotopic (exact) mass is 262 g/mol. The van der Waals surface area contributed by atoms with Crippen LogP contribution in [-0.4, -0.2) is 18.7 Å². The van der Waals surface area contributed by atoms with Gasteiger partial charge in [-0.25, -0.2) is 0 Å². The molecule has 104 valence electrons. The molecule has 1 heterocycles. The molecule has 0 amide bonds. The van der Waals surface area contributed by atoms with Crippen molar-refractivity contribution < 1.29 is 14.3 Å². The Balaban J connectivity index is 2.25. The van der Waals surface area contributed by atoms with Crippen LogP contribution < -0.4 is 0 Å². The van der Waals surface area contributed by atoms with Crippen molar-refractivity contribution in [2.24, 2.45) is 5.92 Å². The van der Waals surface area contributed by atoms with Gasteiger partial charge in [-0.1, -0.05) is 44.2 Å². The number of carbonyl (C=O) groups excluding carboxylic acids is 1. The van der Waals surface area contributed by atoms with Crippen molar-refractivity contribution in [3.8, 4) is 0 Å². The average Bonchev–Trinajstić information content (AvgIpc) is 2.49. The Morgan fingerprint density at radius 2 is 1.95 bits per heavy atom. The molecule has 0 spiro atoms. The highest BCUT2D eigenvalue weighted by atomic mass is 16.7. The molecular formula is C16H22O3. The molecule has 1 aromatic rings. The maximum absolute atomic E-state index is 10.8. The van der Waals surface area contributed by atoms with Crippen LogP contribution in [0.4, 0.5) is 0 Å². The molecule has 0 saturated carbocycles. The molecular weight excluding hydrogens is 240 g/mol. The number of aldehydes is 1. The number of carbonyl (C=O) groups is 1. The number of hydrogen-bond donors (Lipinski definition) is 0. The summed E-state index contributed by atoms with van der Waals surface area (Å²) < 4.78 is 12.1. The molecule has 2 rings (SSSR count). The van der Waals surface area contributed by atoms with Crippen LogP contribution in [0.1, 0.15) is 44.8 Å². The first-order valence-corrected chi connectivity index (χ1v) is 7.05. The molecule has 0 bridgehead atoms. The van der Waals surface area contributed by atoms with E-state index < -0.39 is 5.79 Å². The topological polar surface area (TPSA) is 35.5 Å². The average molecular weight is 262 g/mol. The van der Waals surface area contributed by atoms with Gasteiger partial charge in [0.1, 0.15) is 6.29 Å². The van der Waals surface area contributed by atoms with E-state index in [0.717, 1.165) is 24.7 Å². The SMILES string of the molecule is CCC1(CC)OC[C@@H](CC=O)[C@@H](c2ccccc2)O1. The highest BCUT2D eigenvalue weighted by Gasteiger charge is 2.40. The van der Waals surface area contributed by atoms with Gasteiger partial charge in [0.25, 0.3) is 0 Å². The van der Waals surface area contributed by atoms with Gasteiger partial charge in [-0.05, 0) is 18.4 Å². The van der Waals surface area contributed by atoms with Crippen LogP contribution in [0.15, 0.2) is 30.3 Å². The number of hydrogen-bond acceptors (Lipinski definition) is 3. The summed E-state index contributed by atoms with van der Waals surface area (Å²) in [4.78, 5) is 10.8. The van der Waals surface area contributed by atoms with Crippen molar-refractivity contribution in [3.63, 3.8) is 0 Å². The van der Waals surface area contributed by atoms with Gasteiger partial charge in [0.05, 0.1) is 12.7 Å². The Labute approximate surface area is 114 Å². The third kappa shape index (κ3) is 3.04. The Bertz CT molecular complexity index is 398. The maximum Gasteiger partial charge on any atom is 0.168 e. The smallest absolute Gasteiger partial charge is 0.168 e. The van der Waals surface area contributed by atoms with Crippen LogP contribution in [0, 0.1) is 5.92 Å². The lowest BCUT2D eigenvalue weighted by Crippen LogP contribution is -2.45. The van der Waals surface area contributed by atoms with Crippen LogP contribution in [0.5, 0.6) is 0 Å². The quantitative estimate of drug-likeness (QED) is 0.762. The zero-order chi connectivity index (χ0) is 13.7. The summed E-state index contributed by atoms with van der Waals surface area (Å²) in [7, 11) is 0. The van der Waals surface area contributed by atoms with Crippen LogP contribution in [-0.2, 0) is 14.3 Å². The number of ether oxygens (including phenoxy) is 2. The summed E-state index contributed by atoms with van der Waals surface area (Å²) in [6, 6.07) is 10.1. The first-order chi connectivity index (χ1) is 9.24. The van der Waals surface area contributed by atoms with E-state index >= 15 is 0 Å². The molecule has 1 aliphatic rings. The molecule has 0 aromatic heterocycles. The van der Waals surface area contributed by atoms with Gasteiger partial charge in [-0.2, -0.15) is 0 Å². The fourth-order valence-corrected chi connectivity index (χ4v) is 2.63. The van der Waals surface area contributed by atoms with Gasteiger partial charge in [0.15, 0.2) is 5.79 Å². The fraction of sp³-hybridized carbons (Fsp3) is 0.562. The molecule has 3 nitrogen and oxygen atoms in total. The van der Waals surface area contributed by atoms with Crippen molar-refractivity contribution >= 4 is 6.29 Å². The molecule has 1 aliphatic heterocycles. The zero-order valence-corrected chi connectivity index (χ0v) is 11.7. The summed E-state index contributed by atoms with van der Waals surface area (Å²) in [5.41, 5.74) is 1.13. The second-order valence-electron chi connectivity index (χ2n) is 5.04. The second kappa shape index (κ2) is 6.31. The van der Waals surface area contributed by atoms with Crippen LogP contribution in [0.25, 0.3) is 0 Å². The summed E-state index contributed by atoms with van der Waals surface area (Å²) in [5, 5.41) is 0. The van der Waals surface area contributed by atoms with E-state index in [1.165, 1.54) is 0 Å². The van der Waals surface area contributed by atoms with Crippen molar-refractivity contribution in [3.05, 3.63) is 35.9 Å². The molecule has 0 radical (unpaired) electrons. The summed E-state index contributed by atoms with van der Waals surface area (Å²) in [5.74, 6) is -0.397. The van der Waals surface area contributed by atoms with Gasteiger partial charge in [-0.3, -0.25) is 0 Å². The molecule has 1 fully saturated rings. The van der Waals surface area contributed by atoms with Crippen LogP contribution >= 0.6 is 0 Å². The third-order valence-corrected chi connectivity index (χ3v) is 3.93. The Kier molecular flexibility index (Phi) is 4.72. The molecule has 3 heteroatoms. The van der Waals surface area contributed by atoms with Crippen molar-refractivity contribution in [1.82, 2.24) is 0 Å². The van der Waals surface area contributed by atoms with E-state index in [1.807, 2.05) is 18.2 Å². The van der Waals surface area contributed by atoms with Gasteiger partial charge >= 0.3 is 0 Å². The minimum atomic E-state index is -0.500. The highest BCUT2D eigenvalue weighted by Crippen LogP contribution is 2.40. The van der Waals surface area contributed by atoms with E-state index in [2.05, 4.69) is 26.0 Å². The number of rotatable bonds is 5. The Hall–Kier alpha value is -1.19. The molecule has 0 N–H and O–H groups in total. The van der Waals surface area contributed by atoms with E-state index in [4.69, 9.17) is 9.47 Å². The first-order valence-electron chi connectivity index (χ1n) is 7.05. The summed E-state index contributed by atoms with van der Waals surface area (Å²) >= 11 is 0. The van der Waals surface area contributed by atoms with Crippen molar-refractivity contribution in [2.45, 2.75) is 45.0 Å². The van der Waals surface area contributed by atoms with Gasteiger partial charge in [0, 0.05) is 12.3 Å². The van der Waals surface area contributed by atoms with Gasteiger partial charge < -0.3 is 14.3 Å². The Morgan fingerprint density at radius 3 is 2.53 bits per heavy atom. The van der Waals surface area contributed by atoms with Crippen molar-refractivity contribution in [1.29, 1.82) is 0 Å². The number of benzene rings is 1. The van der Waals surface area contributed by atoms with Gasteiger partial charge in [0.2, 0.25) is 0 Å². The normalized spacial score (nSPS) is 26.0. The standard InChI is InChI=1S/C16H22O3/c1-3-16(4-2)18-12-14(10-11-17)15(19-16)13-8-6-5-7-9-13/h5-9,11,14-15H,3-4,10,12H2,1-2H3/t14-,15-/m1/s1. The molecule has 0 aliphatic carbocycles. The van der Waals surface area contributed by atoms with E-state index in [0.29, 0.717) is 13.0 Å². The summed E-state index contributed by atoms with van der Waals surface area (Å²) in [6.45, 7) is 4.73. The molecule has 1 aromatic carbocycles. The second-order valence-corrected chi connectivity index (χ2v) is 5.04. The largest absolute Gasteiger partial charge is 0.350 e. The third-order valence-electron chi connectivity index (χ3n) is 3.93. The van der Waals surface area contributed by atoms with Crippen LogP contribution in [0.2, 0.25) is 0 Å². The lowest BCUT2D eigenvalue weighted by Gasteiger charge is -2.44. The highest BCUT2D eigenvalue weighted by molar-refractivity contribution is 5.50.